The second kappa shape index (κ2) is 17.1. The average Bonchev–Trinajstić information content (AvgIpc) is 2.21. The van der Waals surface area contributed by atoms with Crippen LogP contribution in [0.3, 0.4) is 0 Å². The molecule has 0 N–H and O–H groups in total. The molecule has 0 heterocycles. The van der Waals surface area contributed by atoms with Crippen LogP contribution in [0.1, 0.15) is 79.5 Å². The molecule has 0 aromatic heterocycles. The van der Waals surface area contributed by atoms with Crippen LogP contribution in [0, 0.1) is 0 Å². The van der Waals surface area contributed by atoms with Crippen molar-refractivity contribution < 1.29 is 31.0 Å². The number of unbranched alkanes of at least 4 members (excludes halogenated alkanes) is 9. The summed E-state index contributed by atoms with van der Waals surface area (Å²) in [5.41, 5.74) is 0. The zero-order chi connectivity index (χ0) is 10.5. The molecule has 0 atom stereocenters. The number of hydrogen-bond acceptors (Lipinski definition) is 0. The molecule has 0 aromatic carbocycles. The SMILES string of the molecule is CC=CCCCCCCCCCCC.[H-].[Na+]. The molecule has 0 aliphatic rings. The zero-order valence-electron chi connectivity index (χ0n) is 12.2. The van der Waals surface area contributed by atoms with Gasteiger partial charge in [-0.05, 0) is 19.8 Å². The number of rotatable bonds is 10. The first-order valence-electron chi connectivity index (χ1n) is 6.53. The molecule has 0 rings (SSSR count). The first-order valence-corrected chi connectivity index (χ1v) is 6.53. The van der Waals surface area contributed by atoms with Gasteiger partial charge in [-0.2, -0.15) is 0 Å². The van der Waals surface area contributed by atoms with Crippen molar-refractivity contribution in [2.24, 2.45) is 0 Å². The van der Waals surface area contributed by atoms with Gasteiger partial charge in [-0.25, -0.2) is 0 Å². The van der Waals surface area contributed by atoms with Crippen molar-refractivity contribution in [3.05, 3.63) is 12.2 Å². The van der Waals surface area contributed by atoms with Crippen LogP contribution in [0.15, 0.2) is 12.2 Å². The van der Waals surface area contributed by atoms with Crippen LogP contribution >= 0.6 is 0 Å². The van der Waals surface area contributed by atoms with Crippen molar-refractivity contribution in [1.29, 1.82) is 0 Å². The van der Waals surface area contributed by atoms with E-state index in [-0.39, 0.29) is 31.0 Å². The van der Waals surface area contributed by atoms with Gasteiger partial charge in [-0.15, -0.1) is 0 Å². The molecule has 0 fully saturated rings. The Balaban J connectivity index is -0.000000845. The van der Waals surface area contributed by atoms with E-state index in [9.17, 15) is 0 Å². The molecule has 0 amide bonds. The normalized spacial score (nSPS) is 10.5. The molecule has 0 aliphatic carbocycles. The van der Waals surface area contributed by atoms with Gasteiger partial charge in [0.1, 0.15) is 0 Å². The Kier molecular flexibility index (Phi) is 20.7. The minimum Gasteiger partial charge on any atom is -1.00 e. The molecule has 0 bridgehead atoms. The molecule has 0 saturated heterocycles. The summed E-state index contributed by atoms with van der Waals surface area (Å²) in [4.78, 5) is 0. The largest absolute Gasteiger partial charge is 1.00 e. The first-order chi connectivity index (χ1) is 6.91. The standard InChI is InChI=1S/C14H28.Na.H/c1-3-5-7-9-11-13-14-12-10-8-6-4-2;;/h3,5H,4,6-14H2,1-2H3;;/q;+1;-1. The minimum atomic E-state index is 0. The maximum atomic E-state index is 2.28. The summed E-state index contributed by atoms with van der Waals surface area (Å²) in [7, 11) is 0. The topological polar surface area (TPSA) is 0 Å². The molecule has 0 saturated carbocycles. The third kappa shape index (κ3) is 17.4. The zero-order valence-corrected chi connectivity index (χ0v) is 13.2. The fourth-order valence-electron chi connectivity index (χ4n) is 1.74. The first kappa shape index (κ1) is 18.1. The fraction of sp³-hybridized carbons (Fsp3) is 0.857. The van der Waals surface area contributed by atoms with Gasteiger partial charge in [0.25, 0.3) is 0 Å². The Morgan fingerprint density at radius 2 is 1.27 bits per heavy atom. The molecular formula is C14H29Na. The van der Waals surface area contributed by atoms with Crippen LogP contribution in [-0.2, 0) is 0 Å². The minimum absolute atomic E-state index is 0. The van der Waals surface area contributed by atoms with Gasteiger partial charge in [0.2, 0.25) is 0 Å². The van der Waals surface area contributed by atoms with E-state index in [4.69, 9.17) is 0 Å². The summed E-state index contributed by atoms with van der Waals surface area (Å²) >= 11 is 0. The molecular weight excluding hydrogens is 191 g/mol. The number of hydrogen-bond donors (Lipinski definition) is 0. The van der Waals surface area contributed by atoms with Crippen molar-refractivity contribution in [2.75, 3.05) is 0 Å². The molecule has 86 valence electrons. The summed E-state index contributed by atoms with van der Waals surface area (Å²) < 4.78 is 0. The Hall–Kier alpha value is 0.740. The van der Waals surface area contributed by atoms with Gasteiger partial charge in [-0.3, -0.25) is 0 Å². The Bertz CT molecular complexity index is 124. The van der Waals surface area contributed by atoms with Gasteiger partial charge in [-0.1, -0.05) is 70.4 Å². The van der Waals surface area contributed by atoms with Crippen LogP contribution in [0.5, 0.6) is 0 Å². The molecule has 0 nitrogen and oxygen atoms in total. The van der Waals surface area contributed by atoms with Crippen LogP contribution < -0.4 is 29.6 Å². The third-order valence-electron chi connectivity index (χ3n) is 2.71. The van der Waals surface area contributed by atoms with Crippen LogP contribution in [0.2, 0.25) is 0 Å². The molecule has 0 unspecified atom stereocenters. The Morgan fingerprint density at radius 3 is 1.73 bits per heavy atom. The van der Waals surface area contributed by atoms with Crippen LogP contribution in [-0.4, -0.2) is 0 Å². The van der Waals surface area contributed by atoms with Crippen molar-refractivity contribution >= 4 is 0 Å². The monoisotopic (exact) mass is 220 g/mol. The predicted molar refractivity (Wildman–Crippen MR) is 67.8 cm³/mol. The van der Waals surface area contributed by atoms with E-state index in [0.717, 1.165) is 0 Å². The van der Waals surface area contributed by atoms with E-state index in [0.29, 0.717) is 0 Å². The summed E-state index contributed by atoms with van der Waals surface area (Å²) in [5, 5.41) is 0. The van der Waals surface area contributed by atoms with E-state index in [1.54, 1.807) is 0 Å². The second-order valence-corrected chi connectivity index (χ2v) is 4.19. The predicted octanol–water partition coefficient (Wildman–Crippen LogP) is 2.60. The van der Waals surface area contributed by atoms with E-state index >= 15 is 0 Å². The summed E-state index contributed by atoms with van der Waals surface area (Å²) in [6, 6.07) is 0. The molecule has 15 heavy (non-hydrogen) atoms. The maximum Gasteiger partial charge on any atom is 1.00 e. The quantitative estimate of drug-likeness (QED) is 0.302. The Morgan fingerprint density at radius 1 is 0.800 bits per heavy atom. The second-order valence-electron chi connectivity index (χ2n) is 4.19. The van der Waals surface area contributed by atoms with Gasteiger partial charge in [0, 0.05) is 0 Å². The number of allylic oxidation sites excluding steroid dienone is 2. The summed E-state index contributed by atoms with van der Waals surface area (Å²) in [5.74, 6) is 0. The average molecular weight is 220 g/mol. The van der Waals surface area contributed by atoms with Crippen LogP contribution in [0.4, 0.5) is 0 Å². The van der Waals surface area contributed by atoms with Crippen molar-refractivity contribution in [3.63, 3.8) is 0 Å². The van der Waals surface area contributed by atoms with E-state index < -0.39 is 0 Å². The molecule has 0 aliphatic heterocycles. The Labute approximate surface area is 121 Å². The van der Waals surface area contributed by atoms with Crippen molar-refractivity contribution in [3.8, 4) is 0 Å². The van der Waals surface area contributed by atoms with Gasteiger partial charge < -0.3 is 1.43 Å². The van der Waals surface area contributed by atoms with E-state index in [2.05, 4.69) is 26.0 Å². The van der Waals surface area contributed by atoms with Crippen LogP contribution in [0.25, 0.3) is 0 Å². The molecule has 1 heteroatoms. The van der Waals surface area contributed by atoms with Crippen molar-refractivity contribution in [2.45, 2.75) is 78.1 Å². The molecule has 0 aromatic rings. The fourth-order valence-corrected chi connectivity index (χ4v) is 1.74. The van der Waals surface area contributed by atoms with E-state index in [1.807, 2.05) is 0 Å². The van der Waals surface area contributed by atoms with E-state index in [1.165, 1.54) is 64.2 Å². The summed E-state index contributed by atoms with van der Waals surface area (Å²) in [6.07, 6.45) is 18.6. The molecule has 0 spiro atoms. The smallest absolute Gasteiger partial charge is 1.00 e. The van der Waals surface area contributed by atoms with Gasteiger partial charge in [0.15, 0.2) is 0 Å². The molecule has 0 radical (unpaired) electrons. The maximum absolute atomic E-state index is 2.28. The summed E-state index contributed by atoms with van der Waals surface area (Å²) in [6.45, 7) is 4.38. The van der Waals surface area contributed by atoms with Gasteiger partial charge >= 0.3 is 29.6 Å². The van der Waals surface area contributed by atoms with Crippen molar-refractivity contribution in [1.82, 2.24) is 0 Å². The van der Waals surface area contributed by atoms with Gasteiger partial charge in [0.05, 0.1) is 0 Å². The third-order valence-corrected chi connectivity index (χ3v) is 2.71.